The van der Waals surface area contributed by atoms with E-state index in [-0.39, 0.29) is 23.6 Å². The fourth-order valence-corrected chi connectivity index (χ4v) is 3.81. The van der Waals surface area contributed by atoms with Crippen LogP contribution in [0.5, 0.6) is 5.75 Å². The van der Waals surface area contributed by atoms with Crippen LogP contribution in [0.25, 0.3) is 0 Å². The van der Waals surface area contributed by atoms with Crippen molar-refractivity contribution < 1.29 is 14.6 Å². The van der Waals surface area contributed by atoms with Gasteiger partial charge < -0.3 is 25.8 Å². The SMILES string of the molecule is N[C@@H](c1cc(Cl)c(Cl)cc1O)C1CCN(C(=O)[C@H]2CNCCO2)CC1. The lowest BCUT2D eigenvalue weighted by Gasteiger charge is -2.37. The summed E-state index contributed by atoms with van der Waals surface area (Å²) >= 11 is 12.0. The molecule has 2 fully saturated rings. The number of likely N-dealkylation sites (tertiary alicyclic amines) is 1. The van der Waals surface area contributed by atoms with Crippen LogP contribution in [0.3, 0.4) is 0 Å². The van der Waals surface area contributed by atoms with Crippen molar-refractivity contribution in [1.82, 2.24) is 10.2 Å². The minimum atomic E-state index is -0.391. The highest BCUT2D eigenvalue weighted by molar-refractivity contribution is 6.42. The molecule has 0 bridgehead atoms. The van der Waals surface area contributed by atoms with Crippen LogP contribution >= 0.6 is 23.2 Å². The van der Waals surface area contributed by atoms with Crippen molar-refractivity contribution in [2.75, 3.05) is 32.8 Å². The first-order valence-corrected chi connectivity index (χ1v) is 9.27. The van der Waals surface area contributed by atoms with Gasteiger partial charge in [0.15, 0.2) is 0 Å². The summed E-state index contributed by atoms with van der Waals surface area (Å²) in [7, 11) is 0. The molecule has 1 amide bonds. The Morgan fingerprint density at radius 1 is 1.32 bits per heavy atom. The second kappa shape index (κ2) is 8.10. The summed E-state index contributed by atoms with van der Waals surface area (Å²) in [5, 5.41) is 14.0. The van der Waals surface area contributed by atoms with Gasteiger partial charge in [-0.3, -0.25) is 4.79 Å². The first-order valence-electron chi connectivity index (χ1n) is 8.52. The highest BCUT2D eigenvalue weighted by atomic mass is 35.5. The molecule has 0 aliphatic carbocycles. The number of halogens is 2. The summed E-state index contributed by atoms with van der Waals surface area (Å²) in [5.74, 6) is 0.260. The Kier molecular flexibility index (Phi) is 6.07. The van der Waals surface area contributed by atoms with E-state index in [9.17, 15) is 9.90 Å². The summed E-state index contributed by atoms with van der Waals surface area (Å²) in [5.41, 5.74) is 6.95. The first-order chi connectivity index (χ1) is 12.0. The molecule has 0 spiro atoms. The molecule has 2 aliphatic rings. The van der Waals surface area contributed by atoms with Gasteiger partial charge in [-0.1, -0.05) is 23.2 Å². The zero-order chi connectivity index (χ0) is 18.0. The number of nitrogens with zero attached hydrogens (tertiary/aromatic N) is 1. The summed E-state index contributed by atoms with van der Waals surface area (Å²) in [6.07, 6.45) is 1.15. The average Bonchev–Trinajstić information content (AvgIpc) is 2.64. The predicted molar refractivity (Wildman–Crippen MR) is 97.0 cm³/mol. The molecule has 25 heavy (non-hydrogen) atoms. The zero-order valence-electron chi connectivity index (χ0n) is 13.9. The second-order valence-corrected chi connectivity index (χ2v) is 7.39. The van der Waals surface area contributed by atoms with E-state index >= 15 is 0 Å². The summed E-state index contributed by atoms with van der Waals surface area (Å²) in [4.78, 5) is 14.3. The molecule has 2 saturated heterocycles. The number of aromatic hydroxyl groups is 1. The molecule has 1 aromatic carbocycles. The number of phenolic OH excluding ortho intramolecular Hbond substituents is 1. The van der Waals surface area contributed by atoms with E-state index in [0.717, 1.165) is 19.4 Å². The van der Waals surface area contributed by atoms with Crippen molar-refractivity contribution >= 4 is 29.1 Å². The van der Waals surface area contributed by atoms with Crippen LogP contribution in [0.15, 0.2) is 12.1 Å². The minimum absolute atomic E-state index is 0.0385. The van der Waals surface area contributed by atoms with Gasteiger partial charge in [0, 0.05) is 43.9 Å². The lowest BCUT2D eigenvalue weighted by atomic mass is 9.85. The van der Waals surface area contributed by atoms with Gasteiger partial charge in [-0.15, -0.1) is 0 Å². The van der Waals surface area contributed by atoms with Crippen molar-refractivity contribution in [2.24, 2.45) is 11.7 Å². The fourth-order valence-electron chi connectivity index (χ4n) is 3.48. The number of nitrogens with two attached hydrogens (primary N) is 1. The van der Waals surface area contributed by atoms with Crippen LogP contribution in [0.4, 0.5) is 0 Å². The van der Waals surface area contributed by atoms with Crippen LogP contribution in [-0.2, 0) is 9.53 Å². The quantitative estimate of drug-likeness (QED) is 0.737. The molecule has 3 rings (SSSR count). The average molecular weight is 388 g/mol. The first kappa shape index (κ1) is 18.7. The predicted octanol–water partition coefficient (Wildman–Crippen LogP) is 1.93. The molecule has 1 aromatic rings. The molecule has 0 aromatic heterocycles. The number of nitrogens with one attached hydrogen (secondary N) is 1. The van der Waals surface area contributed by atoms with Gasteiger partial charge >= 0.3 is 0 Å². The number of hydrogen-bond donors (Lipinski definition) is 3. The van der Waals surface area contributed by atoms with Gasteiger partial charge in [0.1, 0.15) is 11.9 Å². The van der Waals surface area contributed by atoms with E-state index < -0.39 is 6.10 Å². The lowest BCUT2D eigenvalue weighted by molar-refractivity contribution is -0.146. The molecule has 0 saturated carbocycles. The number of hydrogen-bond acceptors (Lipinski definition) is 5. The zero-order valence-corrected chi connectivity index (χ0v) is 15.4. The molecule has 6 nitrogen and oxygen atoms in total. The topological polar surface area (TPSA) is 87.8 Å². The maximum absolute atomic E-state index is 12.5. The number of amides is 1. The summed E-state index contributed by atoms with van der Waals surface area (Å²) in [6.45, 7) is 3.19. The number of rotatable bonds is 3. The van der Waals surface area contributed by atoms with Gasteiger partial charge in [-0.2, -0.15) is 0 Å². The van der Waals surface area contributed by atoms with Crippen LogP contribution in [-0.4, -0.2) is 54.8 Å². The largest absolute Gasteiger partial charge is 0.508 e. The number of ether oxygens (including phenoxy) is 1. The normalized spacial score (nSPS) is 23.5. The molecule has 0 unspecified atom stereocenters. The molecule has 2 aliphatic heterocycles. The maximum Gasteiger partial charge on any atom is 0.253 e. The Labute approximate surface area is 157 Å². The van der Waals surface area contributed by atoms with E-state index in [0.29, 0.717) is 41.8 Å². The highest BCUT2D eigenvalue weighted by Crippen LogP contribution is 2.37. The van der Waals surface area contributed by atoms with Crippen molar-refractivity contribution in [2.45, 2.75) is 25.0 Å². The van der Waals surface area contributed by atoms with Crippen molar-refractivity contribution in [3.05, 3.63) is 27.7 Å². The van der Waals surface area contributed by atoms with E-state index in [1.54, 1.807) is 6.07 Å². The smallest absolute Gasteiger partial charge is 0.253 e. The Morgan fingerprint density at radius 2 is 2.00 bits per heavy atom. The number of carbonyl (C=O) groups excluding carboxylic acids is 1. The van der Waals surface area contributed by atoms with E-state index in [2.05, 4.69) is 5.32 Å². The molecule has 8 heteroatoms. The Balaban J connectivity index is 1.60. The number of benzene rings is 1. The highest BCUT2D eigenvalue weighted by Gasteiger charge is 2.32. The van der Waals surface area contributed by atoms with Gasteiger partial charge in [0.25, 0.3) is 5.91 Å². The number of phenols is 1. The summed E-state index contributed by atoms with van der Waals surface area (Å²) in [6, 6.07) is 2.70. The van der Waals surface area contributed by atoms with Crippen molar-refractivity contribution in [3.63, 3.8) is 0 Å². The van der Waals surface area contributed by atoms with Crippen LogP contribution in [0, 0.1) is 5.92 Å². The van der Waals surface area contributed by atoms with Crippen molar-refractivity contribution in [3.8, 4) is 5.75 Å². The van der Waals surface area contributed by atoms with Gasteiger partial charge in [0.05, 0.1) is 16.7 Å². The molecular formula is C17H23Cl2N3O3. The molecule has 2 heterocycles. The van der Waals surface area contributed by atoms with E-state index in [1.807, 2.05) is 4.90 Å². The van der Waals surface area contributed by atoms with Crippen LogP contribution < -0.4 is 11.1 Å². The third-order valence-corrected chi connectivity index (χ3v) is 5.71. The second-order valence-electron chi connectivity index (χ2n) is 6.58. The Hall–Kier alpha value is -1.05. The summed E-state index contributed by atoms with van der Waals surface area (Å²) < 4.78 is 5.54. The monoisotopic (exact) mass is 387 g/mol. The number of carbonyl (C=O) groups is 1. The number of piperidine rings is 1. The van der Waals surface area contributed by atoms with Gasteiger partial charge in [-0.05, 0) is 24.8 Å². The van der Waals surface area contributed by atoms with E-state index in [1.165, 1.54) is 6.07 Å². The van der Waals surface area contributed by atoms with Crippen LogP contribution in [0.1, 0.15) is 24.4 Å². The Morgan fingerprint density at radius 3 is 2.64 bits per heavy atom. The molecule has 0 radical (unpaired) electrons. The number of morpholine rings is 1. The van der Waals surface area contributed by atoms with Crippen LogP contribution in [0.2, 0.25) is 10.0 Å². The maximum atomic E-state index is 12.5. The third kappa shape index (κ3) is 4.20. The standard InChI is InChI=1S/C17H23Cl2N3O3/c18-12-7-11(14(23)8-13(12)19)16(20)10-1-4-22(5-2-10)17(24)15-9-21-3-6-25-15/h7-8,10,15-16,21,23H,1-6,9,20H2/t15-,16-/m1/s1. The lowest BCUT2D eigenvalue weighted by Crippen LogP contribution is -2.51. The molecular weight excluding hydrogens is 365 g/mol. The van der Waals surface area contributed by atoms with Gasteiger partial charge in [-0.25, -0.2) is 0 Å². The third-order valence-electron chi connectivity index (χ3n) is 4.99. The molecule has 4 N–H and O–H groups in total. The molecule has 2 atom stereocenters. The fraction of sp³-hybridized carbons (Fsp3) is 0.588. The minimum Gasteiger partial charge on any atom is -0.508 e. The van der Waals surface area contributed by atoms with Crippen molar-refractivity contribution in [1.29, 1.82) is 0 Å². The van der Waals surface area contributed by atoms with Gasteiger partial charge in [0.2, 0.25) is 0 Å². The van der Waals surface area contributed by atoms with E-state index in [4.69, 9.17) is 33.7 Å². The Bertz CT molecular complexity index is 630. The molecule has 138 valence electrons.